The first-order valence-electron chi connectivity index (χ1n) is 13.1. The van der Waals surface area contributed by atoms with Crippen LogP contribution in [-0.4, -0.2) is 49.2 Å². The van der Waals surface area contributed by atoms with Crippen molar-refractivity contribution in [1.29, 1.82) is 0 Å². The van der Waals surface area contributed by atoms with Gasteiger partial charge in [-0.05, 0) is 58.1 Å². The Morgan fingerprint density at radius 3 is 2.66 bits per heavy atom. The number of para-hydroxylation sites is 1. The largest absolute Gasteiger partial charge is 0.494 e. The number of aromatic nitrogens is 6. The molecule has 1 atom stereocenters. The summed E-state index contributed by atoms with van der Waals surface area (Å²) in [6, 6.07) is 7.73. The molecule has 4 heterocycles. The lowest BCUT2D eigenvalue weighted by Gasteiger charge is -2.25. The molecule has 4 aromatic rings. The number of amides is 1. The molecule has 2 N–H and O–H groups in total. The van der Waals surface area contributed by atoms with Gasteiger partial charge in [0, 0.05) is 31.2 Å². The summed E-state index contributed by atoms with van der Waals surface area (Å²) >= 11 is 0. The van der Waals surface area contributed by atoms with Crippen molar-refractivity contribution < 1.29 is 14.3 Å². The molecule has 0 bridgehead atoms. The van der Waals surface area contributed by atoms with Crippen LogP contribution in [0, 0.1) is 19.8 Å². The van der Waals surface area contributed by atoms with Gasteiger partial charge in [0.2, 0.25) is 5.91 Å². The minimum atomic E-state index is -0.137. The van der Waals surface area contributed by atoms with E-state index in [-0.39, 0.29) is 18.1 Å². The standard InChI is InChI=1S/C27H32N8O3/c1-15-24(34(3)33-32-15)18-8-7-9-19(25(18)37-4)29-20-14-21(31-27(36)17-11-12-17)30-26-23(20)28-16(2)35(26)22-10-5-6-13-38-22/h7-9,14,17,22H,5-6,10-13H2,1-4H3,(H2,29,30,31,36). The van der Waals surface area contributed by atoms with Crippen molar-refractivity contribution in [2.75, 3.05) is 24.4 Å². The van der Waals surface area contributed by atoms with E-state index < -0.39 is 0 Å². The number of rotatable bonds is 7. The minimum Gasteiger partial charge on any atom is -0.494 e. The number of benzene rings is 1. The molecule has 11 nitrogen and oxygen atoms in total. The van der Waals surface area contributed by atoms with Crippen molar-refractivity contribution in [3.05, 3.63) is 35.8 Å². The number of aryl methyl sites for hydroxylation is 3. The van der Waals surface area contributed by atoms with Crippen LogP contribution < -0.4 is 15.4 Å². The Morgan fingerprint density at radius 2 is 1.97 bits per heavy atom. The first-order chi connectivity index (χ1) is 18.4. The molecule has 1 saturated carbocycles. The van der Waals surface area contributed by atoms with E-state index in [0.717, 1.165) is 60.6 Å². The van der Waals surface area contributed by atoms with E-state index in [0.29, 0.717) is 35.0 Å². The number of ether oxygens (including phenoxy) is 2. The van der Waals surface area contributed by atoms with E-state index >= 15 is 0 Å². The van der Waals surface area contributed by atoms with Gasteiger partial charge in [-0.25, -0.2) is 14.6 Å². The second kappa shape index (κ2) is 9.71. The molecule has 0 radical (unpaired) electrons. The van der Waals surface area contributed by atoms with Gasteiger partial charge in [0.25, 0.3) is 0 Å². The maximum atomic E-state index is 12.7. The smallest absolute Gasteiger partial charge is 0.228 e. The minimum absolute atomic E-state index is 0.00161. The van der Waals surface area contributed by atoms with Crippen LogP contribution >= 0.6 is 0 Å². The first-order valence-corrected chi connectivity index (χ1v) is 13.1. The van der Waals surface area contributed by atoms with Crippen molar-refractivity contribution in [3.63, 3.8) is 0 Å². The lowest BCUT2D eigenvalue weighted by atomic mass is 10.1. The van der Waals surface area contributed by atoms with E-state index in [4.69, 9.17) is 19.4 Å². The highest BCUT2D eigenvalue weighted by Gasteiger charge is 2.31. The number of anilines is 3. The third kappa shape index (κ3) is 4.36. The molecule has 6 rings (SSSR count). The summed E-state index contributed by atoms with van der Waals surface area (Å²) in [6.07, 6.45) is 4.72. The third-order valence-electron chi connectivity index (χ3n) is 7.21. The highest BCUT2D eigenvalue weighted by atomic mass is 16.5. The number of methoxy groups -OCH3 is 1. The number of nitrogens with zero attached hydrogens (tertiary/aromatic N) is 6. The van der Waals surface area contributed by atoms with Gasteiger partial charge in [-0.2, -0.15) is 0 Å². The molecule has 1 saturated heterocycles. The van der Waals surface area contributed by atoms with Gasteiger partial charge in [-0.1, -0.05) is 11.3 Å². The van der Waals surface area contributed by atoms with Crippen molar-refractivity contribution >= 4 is 34.3 Å². The van der Waals surface area contributed by atoms with Gasteiger partial charge in [0.05, 0.1) is 29.9 Å². The van der Waals surface area contributed by atoms with E-state index in [1.807, 2.05) is 49.7 Å². The fraction of sp³-hybridized carbons (Fsp3) is 0.444. The van der Waals surface area contributed by atoms with E-state index in [1.54, 1.807) is 11.8 Å². The maximum Gasteiger partial charge on any atom is 0.228 e. The Balaban J connectivity index is 1.47. The average Bonchev–Trinajstić information content (AvgIpc) is 3.64. The number of hydrogen-bond acceptors (Lipinski definition) is 8. The number of carbonyl (C=O) groups excluding carboxylic acids is 1. The molecule has 1 amide bonds. The summed E-state index contributed by atoms with van der Waals surface area (Å²) < 4.78 is 15.8. The van der Waals surface area contributed by atoms with Crippen LogP contribution in [0.3, 0.4) is 0 Å². The lowest BCUT2D eigenvalue weighted by molar-refractivity contribution is -0.117. The van der Waals surface area contributed by atoms with Gasteiger partial charge in [0.15, 0.2) is 11.4 Å². The van der Waals surface area contributed by atoms with Gasteiger partial charge in [-0.15, -0.1) is 5.10 Å². The Labute approximate surface area is 220 Å². The number of carbonyl (C=O) groups is 1. The molecule has 2 fully saturated rings. The monoisotopic (exact) mass is 516 g/mol. The van der Waals surface area contributed by atoms with Gasteiger partial charge in [-0.3, -0.25) is 9.36 Å². The molecule has 0 spiro atoms. The number of nitrogens with one attached hydrogen (secondary N) is 2. The number of pyridine rings is 1. The molecule has 1 aliphatic heterocycles. The normalized spacial score (nSPS) is 17.5. The fourth-order valence-electron chi connectivity index (χ4n) is 5.19. The molecular formula is C27H32N8O3. The van der Waals surface area contributed by atoms with E-state index in [1.165, 1.54) is 0 Å². The molecule has 1 aliphatic carbocycles. The Hall–Kier alpha value is -3.99. The summed E-state index contributed by atoms with van der Waals surface area (Å²) in [6.45, 7) is 4.59. The highest BCUT2D eigenvalue weighted by molar-refractivity contribution is 5.97. The molecular weight excluding hydrogens is 484 g/mol. The van der Waals surface area contributed by atoms with Crippen LogP contribution in [0.5, 0.6) is 5.75 Å². The van der Waals surface area contributed by atoms with Crippen LogP contribution in [0.25, 0.3) is 22.4 Å². The number of fused-ring (bicyclic) bond motifs is 1. The number of hydrogen-bond donors (Lipinski definition) is 2. The van der Waals surface area contributed by atoms with Crippen LogP contribution in [0.15, 0.2) is 24.3 Å². The molecule has 38 heavy (non-hydrogen) atoms. The zero-order valence-corrected chi connectivity index (χ0v) is 22.1. The Morgan fingerprint density at radius 1 is 1.13 bits per heavy atom. The van der Waals surface area contributed by atoms with Crippen LogP contribution in [0.2, 0.25) is 0 Å². The van der Waals surface area contributed by atoms with E-state index in [2.05, 4.69) is 20.9 Å². The average molecular weight is 517 g/mol. The van der Waals surface area contributed by atoms with Crippen molar-refractivity contribution in [3.8, 4) is 17.0 Å². The zero-order chi connectivity index (χ0) is 26.4. The van der Waals surface area contributed by atoms with Crippen molar-refractivity contribution in [1.82, 2.24) is 29.5 Å². The number of imidazole rings is 1. The topological polar surface area (TPSA) is 121 Å². The fourth-order valence-corrected chi connectivity index (χ4v) is 5.19. The maximum absolute atomic E-state index is 12.7. The summed E-state index contributed by atoms with van der Waals surface area (Å²) in [5.41, 5.74) is 5.39. The summed E-state index contributed by atoms with van der Waals surface area (Å²) in [7, 11) is 3.50. The van der Waals surface area contributed by atoms with Crippen molar-refractivity contribution in [2.24, 2.45) is 13.0 Å². The van der Waals surface area contributed by atoms with E-state index in [9.17, 15) is 4.79 Å². The first kappa shape index (κ1) is 24.4. The van der Waals surface area contributed by atoms with Crippen LogP contribution in [0.4, 0.5) is 17.2 Å². The highest BCUT2D eigenvalue weighted by Crippen LogP contribution is 2.40. The van der Waals surface area contributed by atoms with Crippen LogP contribution in [0.1, 0.15) is 49.9 Å². The summed E-state index contributed by atoms with van der Waals surface area (Å²) in [5.74, 6) is 2.00. The molecule has 2 aliphatic rings. The molecule has 1 aromatic carbocycles. The Bertz CT molecular complexity index is 1500. The third-order valence-corrected chi connectivity index (χ3v) is 7.21. The van der Waals surface area contributed by atoms with Crippen molar-refractivity contribution in [2.45, 2.75) is 52.2 Å². The van der Waals surface area contributed by atoms with Gasteiger partial charge < -0.3 is 20.1 Å². The zero-order valence-electron chi connectivity index (χ0n) is 22.1. The lowest BCUT2D eigenvalue weighted by Crippen LogP contribution is -2.20. The molecule has 1 unspecified atom stereocenters. The SMILES string of the molecule is COc1c(Nc2cc(NC(=O)C3CC3)nc3c2nc(C)n3C2CCCCO2)cccc1-c1c(C)nnn1C. The summed E-state index contributed by atoms with van der Waals surface area (Å²) in [4.78, 5) is 22.4. The predicted molar refractivity (Wildman–Crippen MR) is 143 cm³/mol. The molecule has 11 heteroatoms. The Kier molecular flexibility index (Phi) is 6.22. The predicted octanol–water partition coefficient (Wildman–Crippen LogP) is 4.64. The second-order valence-corrected chi connectivity index (χ2v) is 10.00. The van der Waals surface area contributed by atoms with Gasteiger partial charge >= 0.3 is 0 Å². The summed E-state index contributed by atoms with van der Waals surface area (Å²) in [5, 5.41) is 14.9. The second-order valence-electron chi connectivity index (χ2n) is 10.00. The molecule has 3 aromatic heterocycles. The quantitative estimate of drug-likeness (QED) is 0.364. The molecule has 198 valence electrons. The van der Waals surface area contributed by atoms with Crippen LogP contribution in [-0.2, 0) is 16.6 Å². The van der Waals surface area contributed by atoms with Gasteiger partial charge in [0.1, 0.15) is 23.4 Å².